The minimum absolute atomic E-state index is 0.0851. The number of aromatic nitrogens is 1. The third kappa shape index (κ3) is 8.94. The van der Waals surface area contributed by atoms with Crippen molar-refractivity contribution in [3.63, 3.8) is 0 Å². The number of benzene rings is 1. The maximum Gasteiger partial charge on any atom is 0.239 e. The maximum atomic E-state index is 12.2. The Morgan fingerprint density at radius 2 is 1.87 bits per heavy atom. The molecule has 1 aromatic heterocycles. The lowest BCUT2D eigenvalue weighted by atomic mass is 10.1. The highest BCUT2D eigenvalue weighted by Gasteiger charge is 2.14. The molecule has 0 bridgehead atoms. The molecule has 0 aliphatic carbocycles. The number of anilines is 1. The second-order valence-electron chi connectivity index (χ2n) is 8.30. The van der Waals surface area contributed by atoms with Crippen LogP contribution in [-0.4, -0.2) is 42.1 Å². The maximum absolute atomic E-state index is 12.2. The van der Waals surface area contributed by atoms with Gasteiger partial charge < -0.3 is 25.4 Å². The highest BCUT2D eigenvalue weighted by Crippen LogP contribution is 2.18. The molecule has 0 spiro atoms. The SMILES string of the molecule is COc1ncccc1CN=C(NCC(=O)NC(C)(C)C)Nc1ccc(OC(C)C)cc1. The number of hydrogen-bond donors (Lipinski definition) is 3. The molecule has 0 saturated heterocycles. The van der Waals surface area contributed by atoms with Gasteiger partial charge in [-0.05, 0) is 65.0 Å². The fourth-order valence-corrected chi connectivity index (χ4v) is 2.68. The number of amides is 1. The first-order chi connectivity index (χ1) is 14.7. The van der Waals surface area contributed by atoms with Gasteiger partial charge in [-0.1, -0.05) is 6.07 Å². The van der Waals surface area contributed by atoms with Crippen molar-refractivity contribution < 1.29 is 14.3 Å². The Morgan fingerprint density at radius 1 is 1.16 bits per heavy atom. The molecule has 31 heavy (non-hydrogen) atoms. The van der Waals surface area contributed by atoms with Gasteiger partial charge in [-0.25, -0.2) is 9.98 Å². The molecule has 0 saturated carbocycles. The van der Waals surface area contributed by atoms with E-state index in [2.05, 4.69) is 25.9 Å². The van der Waals surface area contributed by atoms with Crippen LogP contribution in [0.1, 0.15) is 40.2 Å². The predicted molar refractivity (Wildman–Crippen MR) is 124 cm³/mol. The van der Waals surface area contributed by atoms with Gasteiger partial charge in [0.25, 0.3) is 0 Å². The number of aliphatic imine (C=N–C) groups is 1. The van der Waals surface area contributed by atoms with E-state index >= 15 is 0 Å². The van der Waals surface area contributed by atoms with Crippen LogP contribution in [0.2, 0.25) is 0 Å². The van der Waals surface area contributed by atoms with Crippen LogP contribution in [0.15, 0.2) is 47.6 Å². The van der Waals surface area contributed by atoms with Crippen molar-refractivity contribution in [1.82, 2.24) is 15.6 Å². The molecule has 0 atom stereocenters. The summed E-state index contributed by atoms with van der Waals surface area (Å²) in [5.74, 6) is 1.65. The smallest absolute Gasteiger partial charge is 0.239 e. The highest BCUT2D eigenvalue weighted by atomic mass is 16.5. The minimum Gasteiger partial charge on any atom is -0.491 e. The standard InChI is InChI=1S/C23H33N5O3/c1-16(2)31-19-11-9-18(10-12-19)27-22(26-15-20(29)28-23(3,4)5)25-14-17-8-7-13-24-21(17)30-6/h7-13,16H,14-15H2,1-6H3,(H,28,29)(H2,25,26,27). The Hall–Kier alpha value is -3.29. The number of rotatable bonds is 8. The molecule has 0 radical (unpaired) electrons. The molecule has 168 valence electrons. The van der Waals surface area contributed by atoms with Crippen LogP contribution in [0.5, 0.6) is 11.6 Å². The number of nitrogens with one attached hydrogen (secondary N) is 3. The van der Waals surface area contributed by atoms with Crippen molar-refractivity contribution in [1.29, 1.82) is 0 Å². The molecule has 0 unspecified atom stereocenters. The quantitative estimate of drug-likeness (QED) is 0.442. The van der Waals surface area contributed by atoms with Crippen LogP contribution in [0, 0.1) is 0 Å². The number of hydrogen-bond acceptors (Lipinski definition) is 5. The Labute approximate surface area is 184 Å². The Morgan fingerprint density at radius 3 is 2.48 bits per heavy atom. The number of carbonyl (C=O) groups is 1. The summed E-state index contributed by atoms with van der Waals surface area (Å²) in [5, 5.41) is 9.23. The lowest BCUT2D eigenvalue weighted by Crippen LogP contribution is -2.46. The summed E-state index contributed by atoms with van der Waals surface area (Å²) >= 11 is 0. The molecule has 3 N–H and O–H groups in total. The summed E-state index contributed by atoms with van der Waals surface area (Å²) in [6.07, 6.45) is 1.77. The van der Waals surface area contributed by atoms with Crippen molar-refractivity contribution in [2.75, 3.05) is 19.0 Å². The zero-order valence-corrected chi connectivity index (χ0v) is 19.2. The summed E-state index contributed by atoms with van der Waals surface area (Å²) in [6.45, 7) is 10.2. The molecule has 2 rings (SSSR count). The number of carbonyl (C=O) groups excluding carboxylic acids is 1. The van der Waals surface area contributed by atoms with Crippen LogP contribution in [-0.2, 0) is 11.3 Å². The zero-order chi connectivity index (χ0) is 22.9. The molecule has 1 heterocycles. The predicted octanol–water partition coefficient (Wildman–Crippen LogP) is 3.35. The lowest BCUT2D eigenvalue weighted by Gasteiger charge is -2.21. The lowest BCUT2D eigenvalue weighted by molar-refractivity contribution is -0.121. The van der Waals surface area contributed by atoms with E-state index in [4.69, 9.17) is 9.47 Å². The van der Waals surface area contributed by atoms with Crippen molar-refractivity contribution in [2.45, 2.75) is 52.8 Å². The Bertz CT molecular complexity index is 874. The van der Waals surface area contributed by atoms with E-state index in [1.807, 2.05) is 71.0 Å². The molecule has 0 aliphatic heterocycles. The van der Waals surface area contributed by atoms with E-state index in [9.17, 15) is 4.79 Å². The van der Waals surface area contributed by atoms with Crippen LogP contribution in [0.3, 0.4) is 0 Å². The number of nitrogens with zero attached hydrogens (tertiary/aromatic N) is 2. The fourth-order valence-electron chi connectivity index (χ4n) is 2.68. The van der Waals surface area contributed by atoms with Crippen molar-refractivity contribution in [2.24, 2.45) is 4.99 Å². The first-order valence-electron chi connectivity index (χ1n) is 10.3. The first kappa shape index (κ1) is 24.0. The van der Waals surface area contributed by atoms with Crippen LogP contribution >= 0.6 is 0 Å². The second kappa shape index (κ2) is 11.2. The van der Waals surface area contributed by atoms with Gasteiger partial charge in [-0.15, -0.1) is 0 Å². The summed E-state index contributed by atoms with van der Waals surface area (Å²) in [5.41, 5.74) is 1.35. The van der Waals surface area contributed by atoms with E-state index < -0.39 is 0 Å². The van der Waals surface area contributed by atoms with Gasteiger partial charge in [0.2, 0.25) is 11.8 Å². The molecule has 0 aliphatic rings. The molecule has 8 nitrogen and oxygen atoms in total. The highest BCUT2D eigenvalue weighted by molar-refractivity contribution is 5.96. The number of guanidine groups is 1. The second-order valence-corrected chi connectivity index (χ2v) is 8.30. The van der Waals surface area contributed by atoms with Crippen molar-refractivity contribution >= 4 is 17.6 Å². The van der Waals surface area contributed by atoms with E-state index in [1.165, 1.54) is 0 Å². The topological polar surface area (TPSA) is 96.9 Å². The van der Waals surface area contributed by atoms with Crippen LogP contribution < -0.4 is 25.4 Å². The summed E-state index contributed by atoms with van der Waals surface area (Å²) in [6, 6.07) is 11.3. The molecular formula is C23H33N5O3. The van der Waals surface area contributed by atoms with E-state index in [-0.39, 0.29) is 24.1 Å². The average Bonchev–Trinajstić information content (AvgIpc) is 2.70. The van der Waals surface area contributed by atoms with E-state index in [0.717, 1.165) is 17.0 Å². The molecular weight excluding hydrogens is 394 g/mol. The first-order valence-corrected chi connectivity index (χ1v) is 10.3. The van der Waals surface area contributed by atoms with Crippen LogP contribution in [0.25, 0.3) is 0 Å². The Kier molecular flexibility index (Phi) is 8.66. The van der Waals surface area contributed by atoms with Crippen molar-refractivity contribution in [3.05, 3.63) is 48.2 Å². The summed E-state index contributed by atoms with van der Waals surface area (Å²) in [4.78, 5) is 21.0. The fraction of sp³-hybridized carbons (Fsp3) is 0.435. The average molecular weight is 428 g/mol. The van der Waals surface area contributed by atoms with Gasteiger partial charge in [0.15, 0.2) is 5.96 Å². The van der Waals surface area contributed by atoms with Gasteiger partial charge in [0.1, 0.15) is 5.75 Å². The number of methoxy groups -OCH3 is 1. The summed E-state index contributed by atoms with van der Waals surface area (Å²) in [7, 11) is 1.57. The normalized spacial score (nSPS) is 11.8. The monoisotopic (exact) mass is 427 g/mol. The zero-order valence-electron chi connectivity index (χ0n) is 19.2. The minimum atomic E-state index is -0.307. The molecule has 1 aromatic carbocycles. The van der Waals surface area contributed by atoms with E-state index in [1.54, 1.807) is 13.3 Å². The molecule has 0 fully saturated rings. The van der Waals surface area contributed by atoms with Gasteiger partial charge in [0.05, 0.1) is 26.3 Å². The third-order valence-corrected chi connectivity index (χ3v) is 3.87. The van der Waals surface area contributed by atoms with Crippen LogP contribution in [0.4, 0.5) is 5.69 Å². The van der Waals surface area contributed by atoms with Gasteiger partial charge in [-0.3, -0.25) is 4.79 Å². The molecule has 8 heteroatoms. The van der Waals surface area contributed by atoms with Gasteiger partial charge in [-0.2, -0.15) is 0 Å². The number of ether oxygens (including phenoxy) is 2. The third-order valence-electron chi connectivity index (χ3n) is 3.87. The largest absolute Gasteiger partial charge is 0.491 e. The van der Waals surface area contributed by atoms with Gasteiger partial charge >= 0.3 is 0 Å². The van der Waals surface area contributed by atoms with Crippen molar-refractivity contribution in [3.8, 4) is 11.6 Å². The number of pyridine rings is 1. The molecule has 2 aromatic rings. The molecule has 1 amide bonds. The Balaban J connectivity index is 2.13. The summed E-state index contributed by atoms with van der Waals surface area (Å²) < 4.78 is 11.0. The van der Waals surface area contributed by atoms with Gasteiger partial charge in [0, 0.05) is 23.0 Å². The van der Waals surface area contributed by atoms with E-state index in [0.29, 0.717) is 18.4 Å².